The Morgan fingerprint density at radius 3 is 2.28 bits per heavy atom. The number of carbonyl (C=O) groups excluding carboxylic acids is 2. The Morgan fingerprint density at radius 1 is 1.03 bits per heavy atom. The quantitative estimate of drug-likeness (QED) is 0.422. The van der Waals surface area contributed by atoms with Crippen LogP contribution >= 0.6 is 0 Å². The van der Waals surface area contributed by atoms with Gasteiger partial charge in [0.2, 0.25) is 5.91 Å². The van der Waals surface area contributed by atoms with Gasteiger partial charge >= 0.3 is 0 Å². The Morgan fingerprint density at radius 2 is 1.67 bits per heavy atom. The lowest BCUT2D eigenvalue weighted by atomic mass is 10.1. The summed E-state index contributed by atoms with van der Waals surface area (Å²) >= 11 is 0. The van der Waals surface area contributed by atoms with Gasteiger partial charge in [-0.15, -0.1) is 0 Å². The first kappa shape index (κ1) is 27.9. The zero-order valence-electron chi connectivity index (χ0n) is 22.7. The molecule has 1 atom stereocenters. The highest BCUT2D eigenvalue weighted by atomic mass is 16.5. The fourth-order valence-corrected chi connectivity index (χ4v) is 4.56. The SMILES string of the molecule is C=C(/N=C\C=C(/N)c1ccc(NC(=O)C2CCCO2)cc1)Nc1ccc(N2CCN(C(=O)C(C)C)CC2)cc1. The number of anilines is 3. The summed E-state index contributed by atoms with van der Waals surface area (Å²) in [5, 5.41) is 6.06. The van der Waals surface area contributed by atoms with E-state index in [4.69, 9.17) is 10.5 Å². The molecule has 206 valence electrons. The Bertz CT molecular complexity index is 1210. The van der Waals surface area contributed by atoms with Crippen molar-refractivity contribution in [2.45, 2.75) is 32.8 Å². The summed E-state index contributed by atoms with van der Waals surface area (Å²) in [5.41, 5.74) is 10.3. The molecule has 2 saturated heterocycles. The second-order valence-electron chi connectivity index (χ2n) is 10.1. The van der Waals surface area contributed by atoms with E-state index in [2.05, 4.69) is 39.2 Å². The predicted octanol–water partition coefficient (Wildman–Crippen LogP) is 4.06. The first-order chi connectivity index (χ1) is 18.8. The molecule has 4 N–H and O–H groups in total. The first-order valence-corrected chi connectivity index (χ1v) is 13.4. The average Bonchev–Trinajstić information content (AvgIpc) is 3.49. The molecule has 0 bridgehead atoms. The van der Waals surface area contributed by atoms with Gasteiger partial charge in [0.05, 0.1) is 0 Å². The van der Waals surface area contributed by atoms with E-state index in [9.17, 15) is 9.59 Å². The topological polar surface area (TPSA) is 112 Å². The molecule has 2 aliphatic heterocycles. The van der Waals surface area contributed by atoms with E-state index in [1.807, 2.05) is 55.1 Å². The number of ether oxygens (including phenoxy) is 1. The maximum absolute atomic E-state index is 12.2. The summed E-state index contributed by atoms with van der Waals surface area (Å²) in [5.74, 6) is 0.626. The van der Waals surface area contributed by atoms with Crippen LogP contribution in [-0.2, 0) is 14.3 Å². The minimum atomic E-state index is -0.367. The Kier molecular flexibility index (Phi) is 9.38. The number of benzene rings is 2. The summed E-state index contributed by atoms with van der Waals surface area (Å²) in [7, 11) is 0. The van der Waals surface area contributed by atoms with E-state index < -0.39 is 0 Å². The highest BCUT2D eigenvalue weighted by molar-refractivity contribution is 5.94. The molecule has 2 aromatic rings. The van der Waals surface area contributed by atoms with Crippen molar-refractivity contribution in [2.75, 3.05) is 48.3 Å². The summed E-state index contributed by atoms with van der Waals surface area (Å²) in [6.45, 7) is 11.6. The summed E-state index contributed by atoms with van der Waals surface area (Å²) in [6, 6.07) is 15.4. The van der Waals surface area contributed by atoms with Crippen LogP contribution in [0.1, 0.15) is 32.3 Å². The number of hydrogen-bond acceptors (Lipinski definition) is 7. The molecule has 1 unspecified atom stereocenters. The van der Waals surface area contributed by atoms with Crippen molar-refractivity contribution in [3.8, 4) is 0 Å². The van der Waals surface area contributed by atoms with Crippen molar-refractivity contribution in [3.05, 3.63) is 72.6 Å². The van der Waals surface area contributed by atoms with E-state index in [0.717, 1.165) is 56.0 Å². The van der Waals surface area contributed by atoms with E-state index in [-0.39, 0.29) is 23.8 Å². The summed E-state index contributed by atoms with van der Waals surface area (Å²) in [4.78, 5) is 33.0. The van der Waals surface area contributed by atoms with Crippen LogP contribution in [0.5, 0.6) is 0 Å². The van der Waals surface area contributed by atoms with Crippen LogP contribution in [0.3, 0.4) is 0 Å². The number of amides is 2. The van der Waals surface area contributed by atoms with Crippen molar-refractivity contribution < 1.29 is 14.3 Å². The molecule has 2 aliphatic rings. The lowest BCUT2D eigenvalue weighted by Gasteiger charge is -2.37. The lowest BCUT2D eigenvalue weighted by Crippen LogP contribution is -2.49. The van der Waals surface area contributed by atoms with Gasteiger partial charge in [0, 0.05) is 67.7 Å². The summed E-state index contributed by atoms with van der Waals surface area (Å²) < 4.78 is 5.42. The maximum Gasteiger partial charge on any atom is 0.253 e. The molecule has 39 heavy (non-hydrogen) atoms. The van der Waals surface area contributed by atoms with E-state index in [1.54, 1.807) is 12.3 Å². The van der Waals surface area contributed by atoms with E-state index >= 15 is 0 Å². The van der Waals surface area contributed by atoms with Crippen molar-refractivity contribution in [1.82, 2.24) is 4.90 Å². The van der Waals surface area contributed by atoms with E-state index in [0.29, 0.717) is 23.8 Å². The third-order valence-corrected chi connectivity index (χ3v) is 6.80. The minimum absolute atomic E-state index is 0.0358. The zero-order chi connectivity index (χ0) is 27.8. The van der Waals surface area contributed by atoms with Gasteiger partial charge in [0.1, 0.15) is 11.9 Å². The second-order valence-corrected chi connectivity index (χ2v) is 10.1. The number of aliphatic imine (C=N–C) groups is 1. The first-order valence-electron chi connectivity index (χ1n) is 13.4. The maximum atomic E-state index is 12.2. The van der Waals surface area contributed by atoms with Crippen LogP contribution in [0.4, 0.5) is 17.1 Å². The molecule has 0 saturated carbocycles. The number of nitrogens with zero attached hydrogens (tertiary/aromatic N) is 3. The molecular weight excluding hydrogens is 492 g/mol. The summed E-state index contributed by atoms with van der Waals surface area (Å²) in [6.07, 6.45) is 4.61. The smallest absolute Gasteiger partial charge is 0.253 e. The molecule has 2 aromatic carbocycles. The van der Waals surface area contributed by atoms with Crippen LogP contribution in [-0.4, -0.2) is 61.8 Å². The standard InChI is InChI=1S/C30H38N6O3/c1-21(2)30(38)36-18-16-35(17-19-36)26-12-10-24(11-13-26)33-22(3)32-15-14-27(31)23-6-8-25(9-7-23)34-29(37)28-5-4-20-39-28/h6-15,21,28,33H,3-5,16-20,31H2,1-2H3,(H,34,37)/b27-14-,32-15-. The molecule has 9 heteroatoms. The lowest BCUT2D eigenvalue weighted by molar-refractivity contribution is -0.134. The van der Waals surface area contributed by atoms with Gasteiger partial charge in [-0.05, 0) is 60.9 Å². The third kappa shape index (κ3) is 7.70. The Balaban J connectivity index is 1.23. The van der Waals surface area contributed by atoms with Crippen LogP contribution in [0.15, 0.2) is 72.0 Å². The number of allylic oxidation sites excluding steroid dienone is 1. The van der Waals surface area contributed by atoms with Crippen LogP contribution < -0.4 is 21.3 Å². The molecular formula is C30H38N6O3. The number of piperazine rings is 1. The van der Waals surface area contributed by atoms with Gasteiger partial charge in [-0.2, -0.15) is 0 Å². The van der Waals surface area contributed by atoms with Gasteiger partial charge < -0.3 is 30.9 Å². The minimum Gasteiger partial charge on any atom is -0.398 e. The normalized spacial score (nSPS) is 18.0. The van der Waals surface area contributed by atoms with E-state index in [1.165, 1.54) is 0 Å². The molecule has 0 aliphatic carbocycles. The highest BCUT2D eigenvalue weighted by Gasteiger charge is 2.24. The number of nitrogens with one attached hydrogen (secondary N) is 2. The third-order valence-electron chi connectivity index (χ3n) is 6.80. The predicted molar refractivity (Wildman–Crippen MR) is 158 cm³/mol. The number of carbonyl (C=O) groups is 2. The number of rotatable bonds is 9. The molecule has 2 amide bonds. The molecule has 0 radical (unpaired) electrons. The van der Waals surface area contributed by atoms with Gasteiger partial charge in [-0.3, -0.25) is 9.59 Å². The highest BCUT2D eigenvalue weighted by Crippen LogP contribution is 2.21. The molecule has 2 fully saturated rings. The van der Waals surface area contributed by atoms with Gasteiger partial charge in [-0.1, -0.05) is 32.6 Å². The van der Waals surface area contributed by atoms with Crippen LogP contribution in [0, 0.1) is 5.92 Å². The van der Waals surface area contributed by atoms with Crippen molar-refractivity contribution in [1.29, 1.82) is 0 Å². The molecule has 0 spiro atoms. The van der Waals surface area contributed by atoms with Crippen LogP contribution in [0.25, 0.3) is 5.70 Å². The largest absolute Gasteiger partial charge is 0.398 e. The van der Waals surface area contributed by atoms with Crippen molar-refractivity contribution >= 4 is 40.8 Å². The number of nitrogens with two attached hydrogens (primary N) is 1. The van der Waals surface area contributed by atoms with Crippen LogP contribution in [0.2, 0.25) is 0 Å². The van der Waals surface area contributed by atoms with Crippen molar-refractivity contribution in [2.24, 2.45) is 16.6 Å². The average molecular weight is 531 g/mol. The van der Waals surface area contributed by atoms with Gasteiger partial charge in [0.15, 0.2) is 0 Å². The Labute approximate surface area is 230 Å². The Hall–Kier alpha value is -4.11. The molecule has 9 nitrogen and oxygen atoms in total. The van der Waals surface area contributed by atoms with Gasteiger partial charge in [0.25, 0.3) is 5.91 Å². The molecule has 0 aromatic heterocycles. The van der Waals surface area contributed by atoms with Crippen molar-refractivity contribution in [3.63, 3.8) is 0 Å². The monoisotopic (exact) mass is 530 g/mol. The fraction of sp³-hybridized carbons (Fsp3) is 0.367. The fourth-order valence-electron chi connectivity index (χ4n) is 4.56. The zero-order valence-corrected chi connectivity index (χ0v) is 22.7. The molecule has 4 rings (SSSR count). The van der Waals surface area contributed by atoms with Gasteiger partial charge in [-0.25, -0.2) is 4.99 Å². The second kappa shape index (κ2) is 13.1. The molecule has 2 heterocycles. The number of hydrogen-bond donors (Lipinski definition) is 3.